The lowest BCUT2D eigenvalue weighted by Gasteiger charge is -2.34. The van der Waals surface area contributed by atoms with Crippen LogP contribution in [0.5, 0.6) is 5.75 Å². The van der Waals surface area contributed by atoms with E-state index in [1.807, 2.05) is 0 Å². The van der Waals surface area contributed by atoms with E-state index in [2.05, 4.69) is 5.32 Å². The topological polar surface area (TPSA) is 99.3 Å². The number of halogens is 5. The van der Waals surface area contributed by atoms with Crippen molar-refractivity contribution in [1.29, 1.82) is 0 Å². The van der Waals surface area contributed by atoms with Gasteiger partial charge >= 0.3 is 6.18 Å². The Balaban J connectivity index is 1.42. The van der Waals surface area contributed by atoms with Gasteiger partial charge in [-0.3, -0.25) is 19.2 Å². The average molecular weight is 633 g/mol. The van der Waals surface area contributed by atoms with E-state index in [4.69, 9.17) is 4.74 Å². The first kappa shape index (κ1) is 32.9. The summed E-state index contributed by atoms with van der Waals surface area (Å²) >= 11 is 0. The highest BCUT2D eigenvalue weighted by Gasteiger charge is 2.33. The molecule has 3 aromatic rings. The molecule has 0 aliphatic carbocycles. The van der Waals surface area contributed by atoms with Crippen molar-refractivity contribution in [2.24, 2.45) is 0 Å². The third-order valence-electron chi connectivity index (χ3n) is 7.19. The molecular weight excluding hydrogens is 603 g/mol. The number of piperazine rings is 1. The number of rotatable bonds is 9. The van der Waals surface area contributed by atoms with Crippen molar-refractivity contribution >= 4 is 29.3 Å². The number of alkyl halides is 3. The van der Waals surface area contributed by atoms with Crippen LogP contribution in [0.1, 0.15) is 21.5 Å². The van der Waals surface area contributed by atoms with Gasteiger partial charge in [-0.25, -0.2) is 8.78 Å². The molecule has 1 atom stereocenters. The lowest BCUT2D eigenvalue weighted by Crippen LogP contribution is -2.56. The number of amides is 4. The quantitative estimate of drug-likeness (QED) is 0.363. The fourth-order valence-corrected chi connectivity index (χ4v) is 4.78. The normalized spacial score (nSPS) is 14.2. The number of carbonyl (C=O) groups excluding carboxylic acids is 4. The molecule has 238 valence electrons. The summed E-state index contributed by atoms with van der Waals surface area (Å²) in [6, 6.07) is 11.6. The number of nitrogens with zero attached hydrogens (tertiary/aromatic N) is 3. The fourth-order valence-electron chi connectivity index (χ4n) is 4.78. The first-order valence-electron chi connectivity index (χ1n) is 13.7. The number of hydrogen-bond donors (Lipinski definition) is 1. The van der Waals surface area contributed by atoms with Crippen LogP contribution in [-0.2, 0) is 27.0 Å². The Morgan fingerprint density at radius 1 is 0.956 bits per heavy atom. The third-order valence-corrected chi connectivity index (χ3v) is 7.19. The van der Waals surface area contributed by atoms with Gasteiger partial charge in [0.25, 0.3) is 5.91 Å². The summed E-state index contributed by atoms with van der Waals surface area (Å²) < 4.78 is 71.5. The maximum Gasteiger partial charge on any atom is 0.416 e. The lowest BCUT2D eigenvalue weighted by molar-refractivity contribution is -0.139. The van der Waals surface area contributed by atoms with Gasteiger partial charge < -0.3 is 24.8 Å². The Hall–Kier alpha value is -5.01. The minimum absolute atomic E-state index is 0.00398. The SMILES string of the molecule is COc1ccc(N(C)C(=O)[C@H](Cc2cc(F)cc(F)c2)NC(=O)CN2CCN(C(=O)c3ccc(C(F)(F)F)cc3)CC2=O)cc1. The molecule has 0 aromatic heterocycles. The first-order valence-corrected chi connectivity index (χ1v) is 13.7. The number of likely N-dealkylation sites (N-methyl/N-ethyl adjacent to an activating group) is 1. The predicted octanol–water partition coefficient (Wildman–Crippen LogP) is 3.67. The molecule has 1 heterocycles. The Labute approximate surface area is 255 Å². The summed E-state index contributed by atoms with van der Waals surface area (Å²) in [6.45, 7) is -0.949. The van der Waals surface area contributed by atoms with Crippen molar-refractivity contribution in [1.82, 2.24) is 15.1 Å². The van der Waals surface area contributed by atoms with E-state index < -0.39 is 66.1 Å². The van der Waals surface area contributed by atoms with Gasteiger partial charge in [0, 0.05) is 43.9 Å². The van der Waals surface area contributed by atoms with Crippen LogP contribution >= 0.6 is 0 Å². The molecule has 0 radical (unpaired) electrons. The molecule has 4 rings (SSSR count). The van der Waals surface area contributed by atoms with Crippen molar-refractivity contribution < 1.29 is 45.9 Å². The highest BCUT2D eigenvalue weighted by atomic mass is 19.4. The standard InChI is InChI=1S/C31H29F5N4O5/c1-38(24-7-9-25(45-2)10-8-24)30(44)26(15-19-13-22(32)16-23(33)14-19)37-27(41)17-39-11-12-40(18-28(39)42)29(43)20-3-5-21(6-4-20)31(34,35)36/h3-10,13-14,16,26H,11-12,15,17-18H2,1-2H3,(H,37,41)/t26-/m0/s1. The highest BCUT2D eigenvalue weighted by Crippen LogP contribution is 2.29. The molecule has 0 saturated carbocycles. The van der Waals surface area contributed by atoms with Crippen LogP contribution < -0.4 is 15.0 Å². The van der Waals surface area contributed by atoms with E-state index >= 15 is 0 Å². The molecule has 1 fully saturated rings. The Morgan fingerprint density at radius 2 is 1.58 bits per heavy atom. The average Bonchev–Trinajstić information content (AvgIpc) is 3.00. The molecule has 14 heteroatoms. The molecule has 1 saturated heterocycles. The second-order valence-corrected chi connectivity index (χ2v) is 10.3. The molecule has 9 nitrogen and oxygen atoms in total. The summed E-state index contributed by atoms with van der Waals surface area (Å²) in [5, 5.41) is 2.56. The second kappa shape index (κ2) is 13.7. The highest BCUT2D eigenvalue weighted by molar-refractivity contribution is 6.00. The summed E-state index contributed by atoms with van der Waals surface area (Å²) in [5.74, 6) is -3.75. The molecule has 0 unspecified atom stereocenters. The van der Waals surface area contributed by atoms with Crippen molar-refractivity contribution in [2.45, 2.75) is 18.6 Å². The molecule has 45 heavy (non-hydrogen) atoms. The maximum absolute atomic E-state index is 13.9. The number of nitrogens with one attached hydrogen (secondary N) is 1. The minimum atomic E-state index is -4.56. The van der Waals surface area contributed by atoms with E-state index in [-0.39, 0.29) is 30.6 Å². The molecule has 1 aliphatic heterocycles. The molecule has 1 aliphatic rings. The zero-order valence-electron chi connectivity index (χ0n) is 24.2. The van der Waals surface area contributed by atoms with Gasteiger partial charge in [-0.1, -0.05) is 0 Å². The van der Waals surface area contributed by atoms with Gasteiger partial charge in [-0.2, -0.15) is 13.2 Å². The number of hydrogen-bond acceptors (Lipinski definition) is 5. The zero-order chi connectivity index (χ0) is 32.9. The largest absolute Gasteiger partial charge is 0.497 e. The van der Waals surface area contributed by atoms with Crippen molar-refractivity contribution in [3.8, 4) is 5.75 Å². The number of benzene rings is 3. The van der Waals surface area contributed by atoms with Gasteiger partial charge in [-0.05, 0) is 66.2 Å². The number of methoxy groups -OCH3 is 1. The first-order chi connectivity index (χ1) is 21.2. The van der Waals surface area contributed by atoms with Gasteiger partial charge in [-0.15, -0.1) is 0 Å². The van der Waals surface area contributed by atoms with Gasteiger partial charge in [0.05, 0.1) is 19.2 Å². The van der Waals surface area contributed by atoms with E-state index in [1.165, 1.54) is 24.0 Å². The zero-order valence-corrected chi connectivity index (χ0v) is 24.2. The summed E-state index contributed by atoms with van der Waals surface area (Å²) in [6.07, 6.45) is -4.82. The van der Waals surface area contributed by atoms with E-state index in [0.717, 1.165) is 41.3 Å². The number of anilines is 1. The van der Waals surface area contributed by atoms with Crippen LogP contribution in [0.4, 0.5) is 27.6 Å². The number of ether oxygens (including phenoxy) is 1. The third kappa shape index (κ3) is 8.34. The maximum atomic E-state index is 13.9. The second-order valence-electron chi connectivity index (χ2n) is 10.3. The lowest BCUT2D eigenvalue weighted by atomic mass is 10.0. The van der Waals surface area contributed by atoms with Gasteiger partial charge in [0.1, 0.15) is 30.0 Å². The van der Waals surface area contributed by atoms with Crippen LogP contribution in [0.15, 0.2) is 66.7 Å². The summed E-state index contributed by atoms with van der Waals surface area (Å²) in [4.78, 5) is 55.8. The van der Waals surface area contributed by atoms with E-state index in [0.29, 0.717) is 17.5 Å². The number of carbonyl (C=O) groups is 4. The Morgan fingerprint density at radius 3 is 2.13 bits per heavy atom. The van der Waals surface area contributed by atoms with E-state index in [1.54, 1.807) is 24.3 Å². The molecule has 3 aromatic carbocycles. The Kier molecular flexibility index (Phi) is 10.0. The fraction of sp³-hybridized carbons (Fsp3) is 0.290. The molecule has 0 bridgehead atoms. The van der Waals surface area contributed by atoms with Crippen LogP contribution in [0.3, 0.4) is 0 Å². The van der Waals surface area contributed by atoms with Crippen molar-refractivity contribution in [2.75, 3.05) is 45.2 Å². The molecular formula is C31H29F5N4O5. The van der Waals surface area contributed by atoms with E-state index in [9.17, 15) is 41.1 Å². The monoisotopic (exact) mass is 632 g/mol. The minimum Gasteiger partial charge on any atom is -0.497 e. The molecule has 1 N–H and O–H groups in total. The van der Waals surface area contributed by atoms with Crippen LogP contribution in [0.25, 0.3) is 0 Å². The molecule has 4 amide bonds. The van der Waals surface area contributed by atoms with Crippen LogP contribution in [0.2, 0.25) is 0 Å². The van der Waals surface area contributed by atoms with Crippen molar-refractivity contribution in [3.63, 3.8) is 0 Å². The predicted molar refractivity (Wildman–Crippen MR) is 152 cm³/mol. The summed E-state index contributed by atoms with van der Waals surface area (Å²) in [5.41, 5.74) is -0.381. The smallest absolute Gasteiger partial charge is 0.416 e. The van der Waals surface area contributed by atoms with Crippen LogP contribution in [-0.4, -0.2) is 79.8 Å². The van der Waals surface area contributed by atoms with Crippen LogP contribution in [0, 0.1) is 11.6 Å². The Bertz CT molecular complexity index is 1540. The van der Waals surface area contributed by atoms with Gasteiger partial charge in [0.15, 0.2) is 0 Å². The van der Waals surface area contributed by atoms with Gasteiger partial charge in [0.2, 0.25) is 17.7 Å². The van der Waals surface area contributed by atoms with Crippen molar-refractivity contribution in [3.05, 3.63) is 95.1 Å². The molecule has 0 spiro atoms. The summed E-state index contributed by atoms with van der Waals surface area (Å²) in [7, 11) is 2.95.